The zero-order chi connectivity index (χ0) is 11.7. The van der Waals surface area contributed by atoms with Crippen molar-refractivity contribution in [3.8, 4) is 5.75 Å². The summed E-state index contributed by atoms with van der Waals surface area (Å²) >= 11 is 1.71. The molecule has 0 spiro atoms. The molecule has 1 aromatic heterocycles. The first-order valence-corrected chi connectivity index (χ1v) is 6.51. The number of hydrogen-bond acceptors (Lipinski definition) is 4. The van der Waals surface area contributed by atoms with Crippen molar-refractivity contribution in [1.82, 2.24) is 0 Å². The average molecular weight is 246 g/mol. The summed E-state index contributed by atoms with van der Waals surface area (Å²) in [7, 11) is 1.69. The Bertz CT molecular complexity index is 506. The van der Waals surface area contributed by atoms with Gasteiger partial charge >= 0.3 is 0 Å². The molecule has 4 heteroatoms. The van der Waals surface area contributed by atoms with Crippen LogP contribution in [0, 0.1) is 0 Å². The number of ether oxygens (including phenoxy) is 1. The second kappa shape index (κ2) is 4.30. The zero-order valence-corrected chi connectivity index (χ0v) is 10.4. The molecular formula is C13H14N2OS. The van der Waals surface area contributed by atoms with Crippen molar-refractivity contribution >= 4 is 22.7 Å². The van der Waals surface area contributed by atoms with E-state index in [1.165, 1.54) is 16.9 Å². The monoisotopic (exact) mass is 246 g/mol. The molecule has 1 unspecified atom stereocenters. The van der Waals surface area contributed by atoms with Gasteiger partial charge in [-0.15, -0.1) is 11.3 Å². The van der Waals surface area contributed by atoms with E-state index >= 15 is 0 Å². The predicted molar refractivity (Wildman–Crippen MR) is 72.2 cm³/mol. The molecule has 0 bridgehead atoms. The number of benzene rings is 1. The highest BCUT2D eigenvalue weighted by atomic mass is 32.1. The molecule has 0 saturated heterocycles. The summed E-state index contributed by atoms with van der Waals surface area (Å²) in [6.07, 6.45) is 0. The minimum Gasteiger partial charge on any atom is -0.497 e. The van der Waals surface area contributed by atoms with E-state index in [9.17, 15) is 0 Å². The number of anilines is 2. The summed E-state index contributed by atoms with van der Waals surface area (Å²) in [5.41, 5.74) is 3.68. The topological polar surface area (TPSA) is 33.3 Å². The van der Waals surface area contributed by atoms with Crippen LogP contribution in [0.25, 0.3) is 0 Å². The van der Waals surface area contributed by atoms with Crippen LogP contribution in [-0.4, -0.2) is 13.7 Å². The fourth-order valence-corrected chi connectivity index (χ4v) is 2.78. The molecule has 88 valence electrons. The molecule has 0 amide bonds. The summed E-state index contributed by atoms with van der Waals surface area (Å²) in [5.74, 6) is 0.897. The van der Waals surface area contributed by atoms with Crippen molar-refractivity contribution < 1.29 is 4.74 Å². The third-order valence-electron chi connectivity index (χ3n) is 3.01. The van der Waals surface area contributed by atoms with Crippen molar-refractivity contribution in [2.45, 2.75) is 6.04 Å². The van der Waals surface area contributed by atoms with E-state index in [0.717, 1.165) is 12.3 Å². The second-order valence-corrected chi connectivity index (χ2v) is 4.79. The highest BCUT2D eigenvalue weighted by molar-refractivity contribution is 7.09. The molecule has 0 aliphatic carbocycles. The third kappa shape index (κ3) is 1.96. The van der Waals surface area contributed by atoms with Crippen molar-refractivity contribution in [2.75, 3.05) is 24.3 Å². The molecule has 3 nitrogen and oxygen atoms in total. The molecule has 0 fully saturated rings. The molecule has 1 aromatic carbocycles. The van der Waals surface area contributed by atoms with E-state index in [2.05, 4.69) is 33.5 Å². The molecule has 2 heterocycles. The van der Waals surface area contributed by atoms with Crippen LogP contribution < -0.4 is 15.4 Å². The summed E-state index contributed by atoms with van der Waals surface area (Å²) in [6.45, 7) is 0.913. The fourth-order valence-electron chi connectivity index (χ4n) is 2.03. The van der Waals surface area contributed by atoms with Gasteiger partial charge < -0.3 is 15.4 Å². The molecule has 3 rings (SSSR count). The van der Waals surface area contributed by atoms with E-state index in [1.807, 2.05) is 12.1 Å². The Balaban J connectivity index is 1.81. The first-order chi connectivity index (χ1) is 8.36. The molecule has 17 heavy (non-hydrogen) atoms. The Morgan fingerprint density at radius 3 is 2.71 bits per heavy atom. The largest absolute Gasteiger partial charge is 0.497 e. The molecule has 0 radical (unpaired) electrons. The van der Waals surface area contributed by atoms with Gasteiger partial charge in [-0.25, -0.2) is 0 Å². The Hall–Kier alpha value is -1.68. The van der Waals surface area contributed by atoms with Gasteiger partial charge in [0.25, 0.3) is 0 Å². The van der Waals surface area contributed by atoms with E-state index in [0.29, 0.717) is 6.04 Å². The van der Waals surface area contributed by atoms with Crippen molar-refractivity contribution in [3.63, 3.8) is 0 Å². The van der Waals surface area contributed by atoms with Crippen LogP contribution in [0.2, 0.25) is 0 Å². The van der Waals surface area contributed by atoms with Crippen LogP contribution >= 0.6 is 11.3 Å². The van der Waals surface area contributed by atoms with Crippen LogP contribution in [0.3, 0.4) is 0 Å². The van der Waals surface area contributed by atoms with Crippen molar-refractivity contribution in [2.24, 2.45) is 0 Å². The van der Waals surface area contributed by atoms with Gasteiger partial charge in [0.1, 0.15) is 5.75 Å². The van der Waals surface area contributed by atoms with Crippen LogP contribution in [0.1, 0.15) is 11.6 Å². The van der Waals surface area contributed by atoms with Gasteiger partial charge in [0, 0.05) is 17.3 Å². The molecule has 1 aliphatic heterocycles. The summed E-state index contributed by atoms with van der Waals surface area (Å²) in [6, 6.07) is 8.54. The van der Waals surface area contributed by atoms with Gasteiger partial charge in [0.05, 0.1) is 24.5 Å². The number of methoxy groups -OCH3 is 1. The fraction of sp³-hybridized carbons (Fsp3) is 0.231. The second-order valence-electron chi connectivity index (χ2n) is 4.05. The number of nitrogens with one attached hydrogen (secondary N) is 2. The molecule has 1 atom stereocenters. The van der Waals surface area contributed by atoms with E-state index in [4.69, 9.17) is 4.74 Å². The number of hydrogen-bond donors (Lipinski definition) is 2. The summed E-state index contributed by atoms with van der Waals surface area (Å²) in [5, 5.41) is 11.2. The van der Waals surface area contributed by atoms with Crippen LogP contribution in [0.5, 0.6) is 5.75 Å². The molecular weight excluding hydrogens is 232 g/mol. The number of thiophene rings is 1. The standard InChI is InChI=1S/C13H14N2OS/c1-16-10-4-2-9(3-5-10)11-6-14-12-7-17-8-13(12)15-11/h2-5,7-8,11,14-15H,6H2,1H3. The zero-order valence-electron chi connectivity index (χ0n) is 9.57. The highest BCUT2D eigenvalue weighted by Gasteiger charge is 2.18. The van der Waals surface area contributed by atoms with E-state index in [-0.39, 0.29) is 0 Å². The van der Waals surface area contributed by atoms with Gasteiger partial charge in [-0.3, -0.25) is 0 Å². The van der Waals surface area contributed by atoms with Gasteiger partial charge in [-0.1, -0.05) is 12.1 Å². The SMILES string of the molecule is COc1ccc(C2CNc3cscc3N2)cc1. The first-order valence-electron chi connectivity index (χ1n) is 5.57. The maximum Gasteiger partial charge on any atom is 0.118 e. The number of fused-ring (bicyclic) bond motifs is 1. The Labute approximate surface area is 104 Å². The predicted octanol–water partition coefficient (Wildman–Crippen LogP) is 3.34. The van der Waals surface area contributed by atoms with Crippen molar-refractivity contribution in [1.29, 1.82) is 0 Å². The minimum absolute atomic E-state index is 0.322. The first kappa shape index (κ1) is 10.5. The molecule has 1 aliphatic rings. The Morgan fingerprint density at radius 2 is 1.94 bits per heavy atom. The lowest BCUT2D eigenvalue weighted by Crippen LogP contribution is -2.24. The van der Waals surface area contributed by atoms with Gasteiger partial charge in [0.15, 0.2) is 0 Å². The van der Waals surface area contributed by atoms with Crippen LogP contribution in [-0.2, 0) is 0 Å². The highest BCUT2D eigenvalue weighted by Crippen LogP contribution is 2.34. The lowest BCUT2D eigenvalue weighted by Gasteiger charge is -2.26. The minimum atomic E-state index is 0.322. The van der Waals surface area contributed by atoms with Gasteiger partial charge in [0.2, 0.25) is 0 Å². The Morgan fingerprint density at radius 1 is 1.18 bits per heavy atom. The Kier molecular flexibility index (Phi) is 2.65. The maximum atomic E-state index is 5.17. The normalized spacial score (nSPS) is 17.8. The molecule has 0 saturated carbocycles. The van der Waals surface area contributed by atoms with Crippen LogP contribution in [0.4, 0.5) is 11.4 Å². The van der Waals surface area contributed by atoms with Gasteiger partial charge in [-0.2, -0.15) is 0 Å². The maximum absolute atomic E-state index is 5.17. The van der Waals surface area contributed by atoms with E-state index in [1.54, 1.807) is 18.4 Å². The smallest absolute Gasteiger partial charge is 0.118 e. The molecule has 2 aromatic rings. The van der Waals surface area contributed by atoms with Crippen molar-refractivity contribution in [3.05, 3.63) is 40.6 Å². The quantitative estimate of drug-likeness (QED) is 0.852. The third-order valence-corrected chi connectivity index (χ3v) is 3.75. The lowest BCUT2D eigenvalue weighted by atomic mass is 10.0. The molecule has 2 N–H and O–H groups in total. The average Bonchev–Trinajstić information content (AvgIpc) is 2.86. The van der Waals surface area contributed by atoms with Gasteiger partial charge in [-0.05, 0) is 17.7 Å². The van der Waals surface area contributed by atoms with E-state index < -0.39 is 0 Å². The summed E-state index contributed by atoms with van der Waals surface area (Å²) in [4.78, 5) is 0. The lowest BCUT2D eigenvalue weighted by molar-refractivity contribution is 0.414. The number of rotatable bonds is 2. The van der Waals surface area contributed by atoms with Crippen LogP contribution in [0.15, 0.2) is 35.0 Å². The summed E-state index contributed by atoms with van der Waals surface area (Å²) < 4.78 is 5.17.